The predicted molar refractivity (Wildman–Crippen MR) is 78.3 cm³/mol. The molecule has 0 radical (unpaired) electrons. The number of thiophene rings is 1. The van der Waals surface area contributed by atoms with E-state index in [4.69, 9.17) is 5.73 Å². The Morgan fingerprint density at radius 2 is 2.00 bits per heavy atom. The van der Waals surface area contributed by atoms with Crippen LogP contribution < -0.4 is 11.1 Å². The number of benzene rings is 1. The topological polar surface area (TPSA) is 38.0 Å². The van der Waals surface area contributed by atoms with Crippen molar-refractivity contribution in [2.75, 3.05) is 12.3 Å². The molecular formula is C13H15BrN2S. The Hall–Kier alpha value is -0.840. The molecule has 0 bridgehead atoms. The fourth-order valence-corrected chi connectivity index (χ4v) is 3.00. The van der Waals surface area contributed by atoms with E-state index in [0.29, 0.717) is 0 Å². The normalized spacial score (nSPS) is 10.6. The van der Waals surface area contributed by atoms with Gasteiger partial charge in [0.15, 0.2) is 0 Å². The van der Waals surface area contributed by atoms with Gasteiger partial charge in [-0.05, 0) is 52.7 Å². The van der Waals surface area contributed by atoms with Crippen LogP contribution in [0.15, 0.2) is 40.2 Å². The molecule has 4 heteroatoms. The van der Waals surface area contributed by atoms with E-state index in [9.17, 15) is 0 Å². The lowest BCUT2D eigenvalue weighted by Crippen LogP contribution is -2.15. The minimum absolute atomic E-state index is 0.824. The maximum Gasteiger partial charge on any atom is 0.0314 e. The maximum absolute atomic E-state index is 5.64. The van der Waals surface area contributed by atoms with E-state index in [1.165, 1.54) is 10.4 Å². The van der Waals surface area contributed by atoms with E-state index in [2.05, 4.69) is 44.8 Å². The Morgan fingerprint density at radius 1 is 1.24 bits per heavy atom. The van der Waals surface area contributed by atoms with Crippen LogP contribution in [0.3, 0.4) is 0 Å². The first-order valence-electron chi connectivity index (χ1n) is 5.52. The van der Waals surface area contributed by atoms with Crippen LogP contribution in [-0.4, -0.2) is 6.54 Å². The van der Waals surface area contributed by atoms with Crippen molar-refractivity contribution in [3.63, 3.8) is 0 Å². The van der Waals surface area contributed by atoms with Crippen LogP contribution in [0.2, 0.25) is 0 Å². The Labute approximate surface area is 114 Å². The standard InChI is InChI=1S/C13H15BrN2S/c14-11-7-13(17-9-11)8-16-6-5-10-1-3-12(15)4-2-10/h1-4,7,9,16H,5-6,8,15H2. The predicted octanol–water partition coefficient (Wildman–Crippen LogP) is 3.43. The summed E-state index contributed by atoms with van der Waals surface area (Å²) in [5, 5.41) is 5.54. The molecular weight excluding hydrogens is 296 g/mol. The van der Waals surface area contributed by atoms with Crippen molar-refractivity contribution >= 4 is 33.0 Å². The summed E-state index contributed by atoms with van der Waals surface area (Å²) < 4.78 is 1.16. The van der Waals surface area contributed by atoms with Gasteiger partial charge in [-0.15, -0.1) is 11.3 Å². The van der Waals surface area contributed by atoms with Gasteiger partial charge in [0.05, 0.1) is 0 Å². The summed E-state index contributed by atoms with van der Waals surface area (Å²) in [6.07, 6.45) is 1.03. The van der Waals surface area contributed by atoms with Crippen molar-refractivity contribution in [2.24, 2.45) is 0 Å². The molecule has 90 valence electrons. The number of anilines is 1. The zero-order valence-corrected chi connectivity index (χ0v) is 11.9. The van der Waals surface area contributed by atoms with E-state index in [0.717, 1.165) is 29.7 Å². The Bertz CT molecular complexity index is 465. The van der Waals surface area contributed by atoms with Gasteiger partial charge < -0.3 is 11.1 Å². The maximum atomic E-state index is 5.64. The van der Waals surface area contributed by atoms with Crippen molar-refractivity contribution in [1.82, 2.24) is 5.32 Å². The third-order valence-corrected chi connectivity index (χ3v) is 4.19. The molecule has 0 spiro atoms. The van der Waals surface area contributed by atoms with Gasteiger partial charge in [-0.3, -0.25) is 0 Å². The number of nitrogen functional groups attached to an aromatic ring is 1. The molecule has 2 rings (SSSR count). The lowest BCUT2D eigenvalue weighted by Gasteiger charge is -2.03. The van der Waals surface area contributed by atoms with E-state index < -0.39 is 0 Å². The Morgan fingerprint density at radius 3 is 2.65 bits per heavy atom. The molecule has 0 amide bonds. The zero-order chi connectivity index (χ0) is 12.1. The summed E-state index contributed by atoms with van der Waals surface area (Å²) in [5.74, 6) is 0. The van der Waals surface area contributed by atoms with Gasteiger partial charge in [0.1, 0.15) is 0 Å². The largest absolute Gasteiger partial charge is 0.399 e. The number of hydrogen-bond acceptors (Lipinski definition) is 3. The number of rotatable bonds is 5. The molecule has 1 aromatic heterocycles. The average Bonchev–Trinajstić information content (AvgIpc) is 2.73. The molecule has 2 aromatic rings. The second-order valence-electron chi connectivity index (χ2n) is 3.90. The van der Waals surface area contributed by atoms with Gasteiger partial charge in [0.2, 0.25) is 0 Å². The number of hydrogen-bond donors (Lipinski definition) is 2. The fourth-order valence-electron chi connectivity index (χ4n) is 1.58. The van der Waals surface area contributed by atoms with Gasteiger partial charge in [-0.2, -0.15) is 0 Å². The highest BCUT2D eigenvalue weighted by atomic mass is 79.9. The van der Waals surface area contributed by atoms with Gasteiger partial charge in [-0.25, -0.2) is 0 Å². The quantitative estimate of drug-likeness (QED) is 0.656. The SMILES string of the molecule is Nc1ccc(CCNCc2cc(Br)cs2)cc1. The minimum atomic E-state index is 0.824. The van der Waals surface area contributed by atoms with Crippen LogP contribution in [0.1, 0.15) is 10.4 Å². The van der Waals surface area contributed by atoms with Crippen molar-refractivity contribution in [3.8, 4) is 0 Å². The lowest BCUT2D eigenvalue weighted by atomic mass is 10.1. The fraction of sp³-hybridized carbons (Fsp3) is 0.231. The van der Waals surface area contributed by atoms with Gasteiger partial charge in [-0.1, -0.05) is 12.1 Å². The summed E-state index contributed by atoms with van der Waals surface area (Å²) in [6.45, 7) is 1.92. The van der Waals surface area contributed by atoms with Crippen LogP contribution in [0.25, 0.3) is 0 Å². The molecule has 3 N–H and O–H groups in total. The highest BCUT2D eigenvalue weighted by Gasteiger charge is 1.97. The monoisotopic (exact) mass is 310 g/mol. The molecule has 0 saturated carbocycles. The van der Waals surface area contributed by atoms with Crippen molar-refractivity contribution in [2.45, 2.75) is 13.0 Å². The van der Waals surface area contributed by atoms with Crippen molar-refractivity contribution < 1.29 is 0 Å². The molecule has 1 aromatic carbocycles. The summed E-state index contributed by atoms with van der Waals surface area (Å²) in [5.41, 5.74) is 7.78. The molecule has 0 aliphatic rings. The number of nitrogens with two attached hydrogens (primary N) is 1. The Balaban J connectivity index is 1.71. The Kier molecular flexibility index (Phi) is 4.59. The van der Waals surface area contributed by atoms with Crippen LogP contribution in [0, 0.1) is 0 Å². The van der Waals surface area contributed by atoms with E-state index >= 15 is 0 Å². The van der Waals surface area contributed by atoms with E-state index in [-0.39, 0.29) is 0 Å². The molecule has 0 saturated heterocycles. The first-order chi connectivity index (χ1) is 8.24. The smallest absolute Gasteiger partial charge is 0.0314 e. The van der Waals surface area contributed by atoms with Crippen molar-refractivity contribution in [1.29, 1.82) is 0 Å². The summed E-state index contributed by atoms with van der Waals surface area (Å²) in [7, 11) is 0. The zero-order valence-electron chi connectivity index (χ0n) is 9.45. The summed E-state index contributed by atoms with van der Waals surface area (Å²) in [6, 6.07) is 10.2. The molecule has 0 aliphatic carbocycles. The highest BCUT2D eigenvalue weighted by molar-refractivity contribution is 9.10. The number of halogens is 1. The molecule has 2 nitrogen and oxygen atoms in total. The molecule has 0 aliphatic heterocycles. The first kappa shape index (κ1) is 12.6. The average molecular weight is 311 g/mol. The lowest BCUT2D eigenvalue weighted by molar-refractivity contribution is 0.693. The molecule has 0 unspecified atom stereocenters. The third-order valence-electron chi connectivity index (χ3n) is 2.49. The van der Waals surface area contributed by atoms with Gasteiger partial charge in [0.25, 0.3) is 0 Å². The molecule has 0 fully saturated rings. The molecule has 1 heterocycles. The van der Waals surface area contributed by atoms with Crippen LogP contribution in [0.4, 0.5) is 5.69 Å². The van der Waals surface area contributed by atoms with E-state index in [1.807, 2.05) is 12.1 Å². The highest BCUT2D eigenvalue weighted by Crippen LogP contribution is 2.19. The molecule has 0 atom stereocenters. The van der Waals surface area contributed by atoms with Crippen LogP contribution in [0.5, 0.6) is 0 Å². The van der Waals surface area contributed by atoms with Crippen LogP contribution in [-0.2, 0) is 13.0 Å². The summed E-state index contributed by atoms with van der Waals surface area (Å²) >= 11 is 5.23. The number of nitrogens with one attached hydrogen (secondary N) is 1. The van der Waals surface area contributed by atoms with Gasteiger partial charge in [0, 0.05) is 27.0 Å². The van der Waals surface area contributed by atoms with Gasteiger partial charge >= 0.3 is 0 Å². The summed E-state index contributed by atoms with van der Waals surface area (Å²) in [4.78, 5) is 1.36. The minimum Gasteiger partial charge on any atom is -0.399 e. The van der Waals surface area contributed by atoms with Crippen LogP contribution >= 0.6 is 27.3 Å². The van der Waals surface area contributed by atoms with Crippen molar-refractivity contribution in [3.05, 3.63) is 50.6 Å². The third kappa shape index (κ3) is 4.15. The first-order valence-corrected chi connectivity index (χ1v) is 7.19. The second-order valence-corrected chi connectivity index (χ2v) is 5.81. The van der Waals surface area contributed by atoms with E-state index in [1.54, 1.807) is 11.3 Å². The second kappa shape index (κ2) is 6.19. The molecule has 17 heavy (non-hydrogen) atoms.